The second kappa shape index (κ2) is 3.71. The zero-order valence-corrected chi connectivity index (χ0v) is 7.76. The maximum Gasteiger partial charge on any atom is 0.224 e. The number of hydrogen-bond donors (Lipinski definition) is 1. The van der Waals surface area contributed by atoms with Crippen molar-refractivity contribution in [1.82, 2.24) is 14.9 Å². The van der Waals surface area contributed by atoms with Gasteiger partial charge in [-0.25, -0.2) is 9.97 Å². The van der Waals surface area contributed by atoms with E-state index in [0.717, 1.165) is 5.69 Å². The molecule has 1 aliphatic heterocycles. The Morgan fingerprint density at radius 3 is 3.07 bits per heavy atom. The lowest BCUT2D eigenvalue weighted by molar-refractivity contribution is -0.128. The Labute approximate surface area is 82.0 Å². The number of likely N-dealkylation sites (tertiary alicyclic amines) is 1. The van der Waals surface area contributed by atoms with Gasteiger partial charge in [-0.15, -0.1) is 0 Å². The third kappa shape index (κ3) is 1.88. The molecule has 2 heterocycles. The second-order valence-electron chi connectivity index (χ2n) is 3.44. The third-order valence-electron chi connectivity index (χ3n) is 2.24. The maximum atomic E-state index is 11.4. The van der Waals surface area contributed by atoms with Crippen LogP contribution in [0.1, 0.15) is 12.1 Å². The summed E-state index contributed by atoms with van der Waals surface area (Å²) in [5, 5.41) is 0. The molecule has 5 nitrogen and oxygen atoms in total. The first kappa shape index (κ1) is 9.08. The molecule has 1 fully saturated rings. The van der Waals surface area contributed by atoms with Crippen molar-refractivity contribution in [3.05, 3.63) is 24.3 Å². The smallest absolute Gasteiger partial charge is 0.224 e. The van der Waals surface area contributed by atoms with Crippen molar-refractivity contribution in [3.63, 3.8) is 0 Å². The van der Waals surface area contributed by atoms with Gasteiger partial charge in [0.15, 0.2) is 0 Å². The Bertz CT molecular complexity index is 327. The molecule has 0 saturated carbocycles. The lowest BCUT2D eigenvalue weighted by Crippen LogP contribution is -2.28. The first-order chi connectivity index (χ1) is 6.75. The topological polar surface area (TPSA) is 72.1 Å². The summed E-state index contributed by atoms with van der Waals surface area (Å²) in [6.45, 7) is 1.16. The number of amides is 1. The van der Waals surface area contributed by atoms with Crippen LogP contribution in [0.5, 0.6) is 0 Å². The van der Waals surface area contributed by atoms with Crippen LogP contribution < -0.4 is 5.73 Å². The SMILES string of the molecule is NC1CC(=O)N(Cc2ccncn2)C1. The summed E-state index contributed by atoms with van der Waals surface area (Å²) in [6.07, 6.45) is 3.60. The van der Waals surface area contributed by atoms with Crippen molar-refractivity contribution in [1.29, 1.82) is 0 Å². The minimum atomic E-state index is -0.0238. The Kier molecular flexibility index (Phi) is 2.41. The van der Waals surface area contributed by atoms with Crippen molar-refractivity contribution in [2.75, 3.05) is 6.54 Å². The lowest BCUT2D eigenvalue weighted by atomic mass is 10.3. The molecule has 14 heavy (non-hydrogen) atoms. The highest BCUT2D eigenvalue weighted by Gasteiger charge is 2.26. The van der Waals surface area contributed by atoms with Crippen LogP contribution in [0.25, 0.3) is 0 Å². The quantitative estimate of drug-likeness (QED) is 0.688. The minimum absolute atomic E-state index is 0.0238. The summed E-state index contributed by atoms with van der Waals surface area (Å²) >= 11 is 0. The van der Waals surface area contributed by atoms with Crippen LogP contribution in [0, 0.1) is 0 Å². The maximum absolute atomic E-state index is 11.4. The summed E-state index contributed by atoms with van der Waals surface area (Å²) in [5.41, 5.74) is 6.52. The van der Waals surface area contributed by atoms with E-state index < -0.39 is 0 Å². The van der Waals surface area contributed by atoms with Crippen LogP contribution in [-0.2, 0) is 11.3 Å². The van der Waals surface area contributed by atoms with Crippen LogP contribution in [0.15, 0.2) is 18.6 Å². The molecule has 1 aromatic rings. The van der Waals surface area contributed by atoms with Gasteiger partial charge in [-0.2, -0.15) is 0 Å². The van der Waals surface area contributed by atoms with Gasteiger partial charge >= 0.3 is 0 Å². The highest BCUT2D eigenvalue weighted by molar-refractivity contribution is 5.79. The number of nitrogens with two attached hydrogens (primary N) is 1. The van der Waals surface area contributed by atoms with Gasteiger partial charge in [0.25, 0.3) is 0 Å². The normalized spacial score (nSPS) is 21.6. The summed E-state index contributed by atoms with van der Waals surface area (Å²) in [7, 11) is 0. The van der Waals surface area contributed by atoms with Crippen LogP contribution in [-0.4, -0.2) is 33.4 Å². The molecule has 0 aromatic carbocycles. The van der Waals surface area contributed by atoms with Crippen LogP contribution in [0.3, 0.4) is 0 Å². The predicted octanol–water partition coefficient (Wildman–Crippen LogP) is -0.464. The van der Waals surface area contributed by atoms with Crippen molar-refractivity contribution >= 4 is 5.91 Å². The van der Waals surface area contributed by atoms with Gasteiger partial charge in [0.05, 0.1) is 12.2 Å². The molecule has 0 radical (unpaired) electrons. The first-order valence-electron chi connectivity index (χ1n) is 4.54. The van der Waals surface area contributed by atoms with Crippen LogP contribution in [0.4, 0.5) is 0 Å². The molecule has 0 bridgehead atoms. The van der Waals surface area contributed by atoms with Crippen molar-refractivity contribution in [3.8, 4) is 0 Å². The summed E-state index contributed by atoms with van der Waals surface area (Å²) < 4.78 is 0. The minimum Gasteiger partial charge on any atom is -0.335 e. The van der Waals surface area contributed by atoms with Gasteiger partial charge in [0.1, 0.15) is 6.33 Å². The van der Waals surface area contributed by atoms with Crippen molar-refractivity contribution in [2.24, 2.45) is 5.73 Å². The number of hydrogen-bond acceptors (Lipinski definition) is 4. The molecular weight excluding hydrogens is 180 g/mol. The monoisotopic (exact) mass is 192 g/mol. The number of aromatic nitrogens is 2. The summed E-state index contributed by atoms with van der Waals surface area (Å²) in [6, 6.07) is 1.78. The van der Waals surface area contributed by atoms with E-state index in [9.17, 15) is 4.79 Å². The van der Waals surface area contributed by atoms with Crippen LogP contribution in [0.2, 0.25) is 0 Å². The number of carbonyl (C=O) groups excluding carboxylic acids is 1. The highest BCUT2D eigenvalue weighted by Crippen LogP contribution is 2.11. The first-order valence-corrected chi connectivity index (χ1v) is 4.54. The standard InChI is InChI=1S/C9H12N4O/c10-7-3-9(14)13(4-7)5-8-1-2-11-6-12-8/h1-2,6-7H,3-5,10H2. The largest absolute Gasteiger partial charge is 0.335 e. The molecule has 1 atom stereocenters. The fourth-order valence-electron chi connectivity index (χ4n) is 1.56. The molecule has 2 rings (SSSR count). The molecule has 1 unspecified atom stereocenters. The van der Waals surface area contributed by atoms with Gasteiger partial charge in [-0.1, -0.05) is 0 Å². The van der Waals surface area contributed by atoms with E-state index in [2.05, 4.69) is 9.97 Å². The average Bonchev–Trinajstić information content (AvgIpc) is 2.47. The Balaban J connectivity index is 2.02. The number of carbonyl (C=O) groups is 1. The van der Waals surface area contributed by atoms with E-state index in [1.807, 2.05) is 0 Å². The van der Waals surface area contributed by atoms with Crippen molar-refractivity contribution in [2.45, 2.75) is 19.0 Å². The number of rotatable bonds is 2. The van der Waals surface area contributed by atoms with Gasteiger partial charge < -0.3 is 10.6 Å². The van der Waals surface area contributed by atoms with Crippen LogP contribution >= 0.6 is 0 Å². The molecule has 0 aliphatic carbocycles. The molecule has 2 N–H and O–H groups in total. The Hall–Kier alpha value is -1.49. The molecule has 0 spiro atoms. The molecule has 1 amide bonds. The van der Waals surface area contributed by atoms with Crippen molar-refractivity contribution < 1.29 is 4.79 Å². The van der Waals surface area contributed by atoms with E-state index in [-0.39, 0.29) is 11.9 Å². The highest BCUT2D eigenvalue weighted by atomic mass is 16.2. The van der Waals surface area contributed by atoms with E-state index in [1.54, 1.807) is 17.2 Å². The molecule has 1 saturated heterocycles. The van der Waals surface area contributed by atoms with Gasteiger partial charge in [-0.05, 0) is 6.07 Å². The van der Waals surface area contributed by atoms with E-state index >= 15 is 0 Å². The fraction of sp³-hybridized carbons (Fsp3) is 0.444. The third-order valence-corrected chi connectivity index (χ3v) is 2.24. The summed E-state index contributed by atoms with van der Waals surface area (Å²) in [4.78, 5) is 21.0. The molecular formula is C9H12N4O. The predicted molar refractivity (Wildman–Crippen MR) is 50.0 cm³/mol. The van der Waals surface area contributed by atoms with Gasteiger partial charge in [0, 0.05) is 25.2 Å². The van der Waals surface area contributed by atoms with E-state index in [0.29, 0.717) is 19.5 Å². The molecule has 1 aliphatic rings. The lowest BCUT2D eigenvalue weighted by Gasteiger charge is -2.14. The fourth-order valence-corrected chi connectivity index (χ4v) is 1.56. The van der Waals surface area contributed by atoms with E-state index in [4.69, 9.17) is 5.73 Å². The molecule has 1 aromatic heterocycles. The second-order valence-corrected chi connectivity index (χ2v) is 3.44. The van der Waals surface area contributed by atoms with Gasteiger partial charge in [-0.3, -0.25) is 4.79 Å². The average molecular weight is 192 g/mol. The van der Waals surface area contributed by atoms with Gasteiger partial charge in [0.2, 0.25) is 5.91 Å². The Morgan fingerprint density at radius 1 is 1.64 bits per heavy atom. The molecule has 74 valence electrons. The molecule has 5 heteroatoms. The number of nitrogens with zero attached hydrogens (tertiary/aromatic N) is 3. The Morgan fingerprint density at radius 2 is 2.50 bits per heavy atom. The van der Waals surface area contributed by atoms with E-state index in [1.165, 1.54) is 6.33 Å². The summed E-state index contributed by atoms with van der Waals surface area (Å²) in [5.74, 6) is 0.108. The zero-order chi connectivity index (χ0) is 9.97. The zero-order valence-electron chi connectivity index (χ0n) is 7.76.